The number of likely N-dealkylation sites (N-methyl/N-ethyl adjacent to an activating group) is 1. The third-order valence-corrected chi connectivity index (χ3v) is 14.6. The van der Waals surface area contributed by atoms with Gasteiger partial charge in [-0.05, 0) is 44.9 Å². The highest BCUT2D eigenvalue weighted by molar-refractivity contribution is 7.45. The molecule has 0 aliphatic heterocycles. The predicted octanol–water partition coefficient (Wildman–Crippen LogP) is 17.4. The first-order chi connectivity index (χ1) is 33.0. The Bertz CT molecular complexity index is 1160. The number of phosphoric ester groups is 1. The lowest BCUT2D eigenvalue weighted by Crippen LogP contribution is -2.45. The summed E-state index contributed by atoms with van der Waals surface area (Å²) in [6.45, 7) is 4.69. The molecular weight excluding hydrogens is 864 g/mol. The van der Waals surface area contributed by atoms with E-state index in [9.17, 15) is 19.4 Å². The number of nitrogens with one attached hydrogen (secondary N) is 1. The number of rotatable bonds is 55. The zero-order chi connectivity index (χ0) is 49.9. The molecule has 3 atom stereocenters. The number of carbonyl (C=O) groups is 1. The summed E-state index contributed by atoms with van der Waals surface area (Å²) < 4.78 is 23.4. The normalized spacial score (nSPS) is 14.0. The van der Waals surface area contributed by atoms with E-state index in [4.69, 9.17) is 9.05 Å². The van der Waals surface area contributed by atoms with Gasteiger partial charge in [0.15, 0.2) is 0 Å². The molecule has 0 radical (unpaired) electrons. The fourth-order valence-corrected chi connectivity index (χ4v) is 9.70. The molecule has 0 spiro atoms. The molecule has 9 heteroatoms. The number of amides is 1. The molecule has 3 unspecified atom stereocenters. The van der Waals surface area contributed by atoms with E-state index in [2.05, 4.69) is 31.3 Å². The first-order valence-electron chi connectivity index (χ1n) is 29.7. The highest BCUT2D eigenvalue weighted by atomic mass is 31.2. The fraction of sp³-hybridized carbons (Fsp3) is 0.915. The standard InChI is InChI=1S/C59H117N2O6P/c1-6-8-10-12-14-16-18-20-22-24-26-27-28-29-30-31-32-33-34-35-37-39-41-43-45-47-49-51-53-59(63)60-57(56-67-68(64,65)66-55-54-61(3,4)5)58(62)52-50-48-46-44-42-40-38-36-25-23-21-19-17-15-13-11-9-7-2/h29-30,50,52,57-58,62H,6-28,31-49,51,53-56H2,1-5H3,(H-,60,63,64,65)/b30-29-,52-50+. The average Bonchev–Trinajstić information content (AvgIpc) is 3.30. The number of quaternary nitrogens is 1. The van der Waals surface area contributed by atoms with Crippen LogP contribution in [0.5, 0.6) is 0 Å². The number of hydrogen-bond donors (Lipinski definition) is 2. The summed E-state index contributed by atoms with van der Waals surface area (Å²) >= 11 is 0. The van der Waals surface area contributed by atoms with Crippen molar-refractivity contribution in [3.63, 3.8) is 0 Å². The number of unbranched alkanes of at least 4 members (excludes halogenated alkanes) is 40. The van der Waals surface area contributed by atoms with Crippen LogP contribution in [0.2, 0.25) is 0 Å². The van der Waals surface area contributed by atoms with Crippen molar-refractivity contribution in [2.45, 2.75) is 309 Å². The lowest BCUT2D eigenvalue weighted by atomic mass is 10.0. The second-order valence-corrected chi connectivity index (χ2v) is 23.1. The van der Waals surface area contributed by atoms with Crippen LogP contribution in [0.15, 0.2) is 24.3 Å². The third kappa shape index (κ3) is 52.8. The molecular formula is C59H117N2O6P. The monoisotopic (exact) mass is 981 g/mol. The maximum Gasteiger partial charge on any atom is 0.268 e. The van der Waals surface area contributed by atoms with Gasteiger partial charge in [0.05, 0.1) is 39.9 Å². The Balaban J connectivity index is 4.13. The van der Waals surface area contributed by atoms with Gasteiger partial charge in [0, 0.05) is 6.42 Å². The molecule has 0 fully saturated rings. The van der Waals surface area contributed by atoms with E-state index in [1.54, 1.807) is 6.08 Å². The summed E-state index contributed by atoms with van der Waals surface area (Å²) in [5.74, 6) is -0.193. The molecule has 68 heavy (non-hydrogen) atoms. The average molecular weight is 982 g/mol. The van der Waals surface area contributed by atoms with Crippen LogP contribution in [0, 0.1) is 0 Å². The van der Waals surface area contributed by atoms with Crippen molar-refractivity contribution in [1.82, 2.24) is 5.32 Å². The van der Waals surface area contributed by atoms with E-state index >= 15 is 0 Å². The van der Waals surface area contributed by atoms with Crippen LogP contribution < -0.4 is 10.2 Å². The van der Waals surface area contributed by atoms with Gasteiger partial charge < -0.3 is 28.8 Å². The Kier molecular flexibility index (Phi) is 50.1. The van der Waals surface area contributed by atoms with E-state index in [0.29, 0.717) is 17.4 Å². The number of carbonyl (C=O) groups excluding carboxylic acids is 1. The van der Waals surface area contributed by atoms with E-state index in [1.165, 1.54) is 238 Å². The van der Waals surface area contributed by atoms with Crippen LogP contribution in [0.3, 0.4) is 0 Å². The molecule has 0 saturated carbocycles. The second-order valence-electron chi connectivity index (χ2n) is 21.7. The van der Waals surface area contributed by atoms with E-state index in [0.717, 1.165) is 38.5 Å². The van der Waals surface area contributed by atoms with Crippen molar-refractivity contribution in [2.24, 2.45) is 0 Å². The Morgan fingerprint density at radius 2 is 0.809 bits per heavy atom. The molecule has 404 valence electrons. The van der Waals surface area contributed by atoms with Gasteiger partial charge in [0.25, 0.3) is 7.82 Å². The molecule has 0 rings (SSSR count). The minimum Gasteiger partial charge on any atom is -0.756 e. The highest BCUT2D eigenvalue weighted by Crippen LogP contribution is 2.38. The number of nitrogens with zero attached hydrogens (tertiary/aromatic N) is 1. The third-order valence-electron chi connectivity index (χ3n) is 13.7. The van der Waals surface area contributed by atoms with Gasteiger partial charge in [-0.3, -0.25) is 9.36 Å². The van der Waals surface area contributed by atoms with Crippen LogP contribution in [0.4, 0.5) is 0 Å². The predicted molar refractivity (Wildman–Crippen MR) is 293 cm³/mol. The molecule has 0 aromatic rings. The lowest BCUT2D eigenvalue weighted by Gasteiger charge is -2.29. The van der Waals surface area contributed by atoms with E-state index in [1.807, 2.05) is 27.2 Å². The Labute approximate surface area is 424 Å². The quantitative estimate of drug-likeness (QED) is 0.0272. The van der Waals surface area contributed by atoms with Crippen molar-refractivity contribution in [1.29, 1.82) is 0 Å². The van der Waals surface area contributed by atoms with Crippen molar-refractivity contribution >= 4 is 13.7 Å². The lowest BCUT2D eigenvalue weighted by molar-refractivity contribution is -0.870. The maximum atomic E-state index is 13.0. The van der Waals surface area contributed by atoms with Crippen LogP contribution in [0.1, 0.15) is 296 Å². The van der Waals surface area contributed by atoms with Gasteiger partial charge in [0.2, 0.25) is 5.91 Å². The van der Waals surface area contributed by atoms with Gasteiger partial charge in [0.1, 0.15) is 13.2 Å². The first kappa shape index (κ1) is 67.0. The number of hydrogen-bond acceptors (Lipinski definition) is 6. The number of phosphoric acid groups is 1. The Morgan fingerprint density at radius 3 is 1.15 bits per heavy atom. The zero-order valence-corrected chi connectivity index (χ0v) is 47.0. The molecule has 2 N–H and O–H groups in total. The maximum absolute atomic E-state index is 13.0. The number of aliphatic hydroxyl groups is 1. The minimum absolute atomic E-state index is 0.000885. The summed E-state index contributed by atoms with van der Waals surface area (Å²) in [6.07, 6.45) is 64.0. The Morgan fingerprint density at radius 1 is 0.500 bits per heavy atom. The Hall–Kier alpha value is -1.02. The summed E-state index contributed by atoms with van der Waals surface area (Å²) in [7, 11) is 1.27. The van der Waals surface area contributed by atoms with Crippen LogP contribution in [0.25, 0.3) is 0 Å². The molecule has 8 nitrogen and oxygen atoms in total. The summed E-state index contributed by atoms with van der Waals surface area (Å²) in [6, 6.07) is -0.885. The van der Waals surface area contributed by atoms with Gasteiger partial charge in [-0.2, -0.15) is 0 Å². The summed E-state index contributed by atoms with van der Waals surface area (Å²) in [5.41, 5.74) is 0. The fourth-order valence-electron chi connectivity index (χ4n) is 8.97. The van der Waals surface area contributed by atoms with E-state index in [-0.39, 0.29) is 19.1 Å². The van der Waals surface area contributed by atoms with Crippen LogP contribution in [-0.4, -0.2) is 68.5 Å². The van der Waals surface area contributed by atoms with Crippen molar-refractivity contribution in [3.05, 3.63) is 24.3 Å². The smallest absolute Gasteiger partial charge is 0.268 e. The minimum atomic E-state index is -4.59. The second kappa shape index (κ2) is 50.9. The van der Waals surface area contributed by atoms with Crippen molar-refractivity contribution in [3.8, 4) is 0 Å². The molecule has 0 aromatic heterocycles. The van der Waals surface area contributed by atoms with Crippen molar-refractivity contribution < 1.29 is 32.9 Å². The SMILES string of the molecule is CCCCCCCCCCCCCC/C=C\CCCCCCCCCCCCCCC(=O)NC(COP(=O)([O-])OCC[N+](C)(C)C)C(O)/C=C/CCCCCCCCCCCCCCCCCC. The van der Waals surface area contributed by atoms with Crippen LogP contribution >= 0.6 is 7.82 Å². The van der Waals surface area contributed by atoms with Gasteiger partial charge in [-0.1, -0.05) is 269 Å². The molecule has 0 saturated heterocycles. The van der Waals surface area contributed by atoms with E-state index < -0.39 is 20.0 Å². The van der Waals surface area contributed by atoms with Crippen molar-refractivity contribution in [2.75, 3.05) is 40.9 Å². The van der Waals surface area contributed by atoms with Crippen LogP contribution in [-0.2, 0) is 18.4 Å². The topological polar surface area (TPSA) is 108 Å². The summed E-state index contributed by atoms with van der Waals surface area (Å²) in [4.78, 5) is 25.5. The molecule has 1 amide bonds. The molecule has 0 bridgehead atoms. The highest BCUT2D eigenvalue weighted by Gasteiger charge is 2.23. The molecule has 0 aliphatic carbocycles. The number of aliphatic hydroxyl groups excluding tert-OH is 1. The summed E-state index contributed by atoms with van der Waals surface area (Å²) in [5, 5.41) is 13.9. The molecule has 0 aliphatic rings. The molecule has 0 heterocycles. The molecule has 0 aromatic carbocycles. The first-order valence-corrected chi connectivity index (χ1v) is 31.2. The van der Waals surface area contributed by atoms with Gasteiger partial charge in [-0.15, -0.1) is 0 Å². The number of allylic oxidation sites excluding steroid dienone is 3. The van der Waals surface area contributed by atoms with Gasteiger partial charge >= 0.3 is 0 Å². The van der Waals surface area contributed by atoms with Gasteiger partial charge in [-0.25, -0.2) is 0 Å². The largest absolute Gasteiger partial charge is 0.756 e. The zero-order valence-electron chi connectivity index (χ0n) is 46.1.